The summed E-state index contributed by atoms with van der Waals surface area (Å²) in [6, 6.07) is 5.70. The number of hydrogen-bond donors (Lipinski definition) is 0. The van der Waals surface area contributed by atoms with E-state index in [2.05, 4.69) is 6.08 Å². The van der Waals surface area contributed by atoms with Crippen LogP contribution in [0.3, 0.4) is 0 Å². The monoisotopic (exact) mass is 398 g/mol. The first kappa shape index (κ1) is 20.8. The van der Waals surface area contributed by atoms with E-state index in [1.807, 2.05) is 0 Å². The lowest BCUT2D eigenvalue weighted by atomic mass is 9.68. The Hall–Kier alpha value is -0.960. The van der Waals surface area contributed by atoms with Gasteiger partial charge in [-0.25, -0.2) is 0 Å². The molecule has 0 spiro atoms. The first-order valence-corrected chi connectivity index (χ1v) is 10.8. The summed E-state index contributed by atoms with van der Waals surface area (Å²) in [6.45, 7) is 0. The fraction of sp³-hybridized carbons (Fsp3) is 0.652. The smallest absolute Gasteiger partial charge is 0.166 e. The van der Waals surface area contributed by atoms with E-state index < -0.39 is 11.7 Å². The van der Waals surface area contributed by atoms with Crippen molar-refractivity contribution in [1.82, 2.24) is 0 Å². The third kappa shape index (κ3) is 6.01. The van der Waals surface area contributed by atoms with Crippen molar-refractivity contribution in [1.29, 1.82) is 0 Å². The van der Waals surface area contributed by atoms with Gasteiger partial charge in [-0.2, -0.15) is 13.2 Å². The Labute approximate surface area is 166 Å². The van der Waals surface area contributed by atoms with Gasteiger partial charge >= 0.3 is 6.18 Å². The molecule has 2 aliphatic carbocycles. The molecule has 2 fully saturated rings. The molecule has 0 radical (unpaired) electrons. The quantitative estimate of drug-likeness (QED) is 0.471. The number of hydrogen-bond acceptors (Lipinski definition) is 0. The van der Waals surface area contributed by atoms with Gasteiger partial charge in [0.1, 0.15) is 0 Å². The molecule has 0 aliphatic heterocycles. The summed E-state index contributed by atoms with van der Waals surface area (Å²) in [5.74, 6) is 3.19. The molecule has 1 aromatic rings. The number of benzene rings is 1. The van der Waals surface area contributed by atoms with Gasteiger partial charge in [0, 0.05) is 5.54 Å². The van der Waals surface area contributed by atoms with E-state index in [0.717, 1.165) is 36.2 Å². The lowest BCUT2D eigenvalue weighted by molar-refractivity contribution is -0.137. The van der Waals surface area contributed by atoms with Crippen LogP contribution in [0.4, 0.5) is 13.2 Å². The molecule has 3 rings (SSSR count). The first-order valence-electron chi connectivity index (χ1n) is 10.4. The highest BCUT2D eigenvalue weighted by atomic mass is 35.5. The van der Waals surface area contributed by atoms with Crippen molar-refractivity contribution in [2.24, 2.45) is 23.7 Å². The fourth-order valence-corrected chi connectivity index (χ4v) is 5.30. The lowest BCUT2D eigenvalue weighted by Crippen LogP contribution is -2.25. The average molecular weight is 399 g/mol. The molecule has 0 bridgehead atoms. The molecule has 0 aromatic heterocycles. The summed E-state index contributed by atoms with van der Waals surface area (Å²) in [4.78, 5) is 0. The SMILES string of the molecule is FC(F)(F)c1ccc(CCC2CCC(C3CCC(/C=C/Cl)CC3)CC2)cc1. The number of rotatable bonds is 5. The largest absolute Gasteiger partial charge is 0.416 e. The Bertz CT molecular complexity index is 589. The third-order valence-corrected chi connectivity index (χ3v) is 6.99. The minimum absolute atomic E-state index is 0.553. The zero-order valence-corrected chi connectivity index (χ0v) is 16.6. The van der Waals surface area contributed by atoms with Crippen LogP contribution in [-0.2, 0) is 12.6 Å². The standard InChI is InChI=1S/C23H30ClF3/c24-16-15-19-5-11-21(12-6-19)20-9-3-17(4-10-20)1-2-18-7-13-22(14-8-18)23(25,26)27/h7-8,13-17,19-21H,1-6,9-12H2/b16-15+. The van der Waals surface area contributed by atoms with Gasteiger partial charge in [-0.3, -0.25) is 0 Å². The average Bonchev–Trinajstić information content (AvgIpc) is 2.67. The van der Waals surface area contributed by atoms with Crippen molar-refractivity contribution in [3.05, 3.63) is 47.0 Å². The molecular weight excluding hydrogens is 369 g/mol. The molecule has 0 amide bonds. The second-order valence-corrected chi connectivity index (χ2v) is 8.76. The summed E-state index contributed by atoms with van der Waals surface area (Å²) in [5.41, 5.74) is 2.14. The molecule has 2 aliphatic rings. The van der Waals surface area contributed by atoms with Crippen LogP contribution in [0.5, 0.6) is 0 Å². The lowest BCUT2D eigenvalue weighted by Gasteiger charge is -2.37. The van der Waals surface area contributed by atoms with Crippen molar-refractivity contribution in [3.8, 4) is 0 Å². The molecular formula is C23H30ClF3. The highest BCUT2D eigenvalue weighted by Gasteiger charge is 2.31. The van der Waals surface area contributed by atoms with E-state index >= 15 is 0 Å². The summed E-state index contributed by atoms with van der Waals surface area (Å²) < 4.78 is 37.9. The third-order valence-electron chi connectivity index (χ3n) is 6.84. The summed E-state index contributed by atoms with van der Waals surface area (Å²) in [5, 5.41) is 0. The van der Waals surface area contributed by atoms with E-state index in [-0.39, 0.29) is 0 Å². The highest BCUT2D eigenvalue weighted by molar-refractivity contribution is 6.25. The van der Waals surface area contributed by atoms with Gasteiger partial charge in [-0.15, -0.1) is 0 Å². The van der Waals surface area contributed by atoms with Crippen LogP contribution in [0.15, 0.2) is 35.9 Å². The fourth-order valence-electron chi connectivity index (χ4n) is 5.09. The Morgan fingerprint density at radius 1 is 0.852 bits per heavy atom. The van der Waals surface area contributed by atoms with Crippen molar-refractivity contribution in [3.63, 3.8) is 0 Å². The van der Waals surface area contributed by atoms with Gasteiger partial charge in [0.15, 0.2) is 0 Å². The van der Waals surface area contributed by atoms with Crippen LogP contribution in [-0.4, -0.2) is 0 Å². The van der Waals surface area contributed by atoms with Crippen LogP contribution in [0.25, 0.3) is 0 Å². The normalized spacial score (nSPS) is 29.9. The van der Waals surface area contributed by atoms with Crippen molar-refractivity contribution >= 4 is 11.6 Å². The van der Waals surface area contributed by atoms with Crippen LogP contribution < -0.4 is 0 Å². The van der Waals surface area contributed by atoms with E-state index in [1.54, 1.807) is 17.7 Å². The molecule has 150 valence electrons. The predicted octanol–water partition coefficient (Wildman–Crippen LogP) is 8.00. The van der Waals surface area contributed by atoms with Crippen molar-refractivity contribution in [2.75, 3.05) is 0 Å². The summed E-state index contributed by atoms with van der Waals surface area (Å²) in [6.07, 6.45) is 10.4. The van der Waals surface area contributed by atoms with Gasteiger partial charge in [0.25, 0.3) is 0 Å². The molecule has 0 atom stereocenters. The van der Waals surface area contributed by atoms with Crippen molar-refractivity contribution < 1.29 is 13.2 Å². The second kappa shape index (κ2) is 9.49. The molecule has 0 nitrogen and oxygen atoms in total. The Balaban J connectivity index is 1.38. The molecule has 2 saturated carbocycles. The van der Waals surface area contributed by atoms with Crippen molar-refractivity contribution in [2.45, 2.75) is 70.4 Å². The Morgan fingerprint density at radius 2 is 1.41 bits per heavy atom. The molecule has 1 aromatic carbocycles. The maximum absolute atomic E-state index is 12.6. The van der Waals surface area contributed by atoms with E-state index in [9.17, 15) is 13.2 Å². The van der Waals surface area contributed by atoms with Gasteiger partial charge < -0.3 is 0 Å². The number of alkyl halides is 3. The zero-order valence-electron chi connectivity index (χ0n) is 15.9. The minimum atomic E-state index is -4.24. The summed E-state index contributed by atoms with van der Waals surface area (Å²) >= 11 is 5.71. The van der Waals surface area contributed by atoms with Gasteiger partial charge in [-0.05, 0) is 92.7 Å². The number of allylic oxidation sites excluding steroid dienone is 1. The van der Waals surface area contributed by atoms with Gasteiger partial charge in [-0.1, -0.05) is 42.7 Å². The van der Waals surface area contributed by atoms with Crippen LogP contribution in [0.2, 0.25) is 0 Å². The Morgan fingerprint density at radius 3 is 1.93 bits per heavy atom. The maximum Gasteiger partial charge on any atom is 0.416 e. The van der Waals surface area contributed by atoms with Crippen LogP contribution in [0, 0.1) is 23.7 Å². The molecule has 0 N–H and O–H groups in total. The predicted molar refractivity (Wildman–Crippen MR) is 106 cm³/mol. The second-order valence-electron chi connectivity index (χ2n) is 8.51. The minimum Gasteiger partial charge on any atom is -0.166 e. The van der Waals surface area contributed by atoms with Gasteiger partial charge in [0.2, 0.25) is 0 Å². The zero-order chi connectivity index (χ0) is 19.3. The first-order chi connectivity index (χ1) is 13.0. The Kier molecular flexibility index (Phi) is 7.30. The molecule has 0 saturated heterocycles. The maximum atomic E-state index is 12.6. The van der Waals surface area contributed by atoms with E-state index in [0.29, 0.717) is 5.92 Å². The number of halogens is 4. The van der Waals surface area contributed by atoms with E-state index in [1.165, 1.54) is 63.5 Å². The molecule has 0 heterocycles. The van der Waals surface area contributed by atoms with Gasteiger partial charge in [0.05, 0.1) is 5.56 Å². The molecule has 4 heteroatoms. The summed E-state index contributed by atoms with van der Waals surface area (Å²) in [7, 11) is 0. The van der Waals surface area contributed by atoms with E-state index in [4.69, 9.17) is 11.6 Å². The molecule has 0 unspecified atom stereocenters. The number of aryl methyl sites for hydroxylation is 1. The highest BCUT2D eigenvalue weighted by Crippen LogP contribution is 2.42. The van der Waals surface area contributed by atoms with Crippen LogP contribution in [0.1, 0.15) is 68.9 Å². The van der Waals surface area contributed by atoms with Crippen LogP contribution >= 0.6 is 11.6 Å². The molecule has 27 heavy (non-hydrogen) atoms. The topological polar surface area (TPSA) is 0 Å².